The first kappa shape index (κ1) is 62.3. The molecule has 9 nitrogen and oxygen atoms in total. The van der Waals surface area contributed by atoms with E-state index in [1.54, 1.807) is 0 Å². The lowest BCUT2D eigenvalue weighted by molar-refractivity contribution is -0.196. The van der Waals surface area contributed by atoms with E-state index in [-0.39, 0.29) is 26.2 Å². The van der Waals surface area contributed by atoms with E-state index in [0.717, 1.165) is 89.9 Å². The highest BCUT2D eigenvalue weighted by molar-refractivity contribution is 7.54. The van der Waals surface area contributed by atoms with Gasteiger partial charge in [0.05, 0.1) is 13.2 Å². The van der Waals surface area contributed by atoms with Gasteiger partial charge in [-0.3, -0.25) is 4.57 Å². The van der Waals surface area contributed by atoms with Crippen molar-refractivity contribution in [3.05, 3.63) is 0 Å². The van der Waals surface area contributed by atoms with E-state index in [1.165, 1.54) is 135 Å². The van der Waals surface area contributed by atoms with Crippen LogP contribution in [0.2, 0.25) is 0 Å². The summed E-state index contributed by atoms with van der Waals surface area (Å²) in [4.78, 5) is 50.6. The van der Waals surface area contributed by atoms with Gasteiger partial charge in [0.15, 0.2) is 0 Å². The molecule has 0 aliphatic carbocycles. The minimum atomic E-state index is -5.63. The van der Waals surface area contributed by atoms with Gasteiger partial charge in [-0.1, -0.05) is 264 Å². The second kappa shape index (κ2) is 45.1. The van der Waals surface area contributed by atoms with Crippen molar-refractivity contribution in [3.63, 3.8) is 0 Å². The standard InChI is InChI=1S/C52H102ClO9P/c1-5-9-13-17-21-25-29-33-37-41-45-59-49(50(54)60-46-42-38-34-30-26-22-18-14-10-6-2)52(63(56,57)58,62-48(53)44-40-36-32-28-24-20-16-12-8-4)51(55)61-47-43-39-35-31-27-23-19-15-11-7-3/h48-49H,5-47H2,1-4H3,(H2,56,57,58). The molecule has 0 amide bonds. The summed E-state index contributed by atoms with van der Waals surface area (Å²) >= 11 is 6.75. The molecular formula is C52H102ClO9P. The summed E-state index contributed by atoms with van der Waals surface area (Å²) in [5, 5.41) is -3.11. The van der Waals surface area contributed by atoms with Crippen molar-refractivity contribution in [1.82, 2.24) is 0 Å². The fraction of sp³-hybridized carbons (Fsp3) is 0.962. The molecule has 0 saturated heterocycles. The Bertz CT molecular complexity index is 1060. The third kappa shape index (κ3) is 34.3. The first-order valence-corrected chi connectivity index (χ1v) is 29.0. The molecule has 0 aliphatic heterocycles. The van der Waals surface area contributed by atoms with Crippen LogP contribution >= 0.6 is 19.2 Å². The smallest absolute Gasteiger partial charge is 0.372 e. The van der Waals surface area contributed by atoms with E-state index in [2.05, 4.69) is 27.7 Å². The minimum absolute atomic E-state index is 0.00341. The maximum Gasteiger partial charge on any atom is 0.372 e. The van der Waals surface area contributed by atoms with Crippen LogP contribution in [0.1, 0.15) is 285 Å². The third-order valence-electron chi connectivity index (χ3n) is 12.4. The number of carbonyl (C=O) groups is 2. The average molecular weight is 938 g/mol. The molecule has 0 rings (SSSR count). The van der Waals surface area contributed by atoms with Crippen LogP contribution in [0, 0.1) is 0 Å². The predicted octanol–water partition coefficient (Wildman–Crippen LogP) is 16.6. The van der Waals surface area contributed by atoms with E-state index in [0.29, 0.717) is 25.7 Å². The monoisotopic (exact) mass is 937 g/mol. The topological polar surface area (TPSA) is 129 Å². The molecule has 3 atom stereocenters. The zero-order valence-electron chi connectivity index (χ0n) is 41.6. The molecule has 0 heterocycles. The molecule has 0 bridgehead atoms. The van der Waals surface area contributed by atoms with Crippen molar-refractivity contribution in [2.75, 3.05) is 19.8 Å². The van der Waals surface area contributed by atoms with Crippen LogP contribution < -0.4 is 0 Å². The molecule has 0 radical (unpaired) electrons. The Morgan fingerprint density at radius 3 is 1.06 bits per heavy atom. The Morgan fingerprint density at radius 1 is 0.444 bits per heavy atom. The molecule has 11 heteroatoms. The molecule has 376 valence electrons. The van der Waals surface area contributed by atoms with Gasteiger partial charge in [-0.25, -0.2) is 9.59 Å². The third-order valence-corrected chi connectivity index (χ3v) is 14.1. The second-order valence-electron chi connectivity index (χ2n) is 18.5. The number of ether oxygens (including phenoxy) is 4. The number of alkyl halides is 1. The second-order valence-corrected chi connectivity index (χ2v) is 20.7. The van der Waals surface area contributed by atoms with E-state index in [4.69, 9.17) is 30.5 Å². The van der Waals surface area contributed by atoms with E-state index in [9.17, 15) is 23.9 Å². The van der Waals surface area contributed by atoms with Crippen molar-refractivity contribution in [2.24, 2.45) is 0 Å². The summed E-state index contributed by atoms with van der Waals surface area (Å²) in [5.74, 6) is -2.36. The summed E-state index contributed by atoms with van der Waals surface area (Å²) in [7, 11) is -5.63. The highest BCUT2D eigenvalue weighted by Gasteiger charge is 2.67. The zero-order chi connectivity index (χ0) is 46.5. The average Bonchev–Trinajstić information content (AvgIpc) is 3.26. The van der Waals surface area contributed by atoms with Crippen LogP contribution in [0.5, 0.6) is 0 Å². The first-order chi connectivity index (χ1) is 30.6. The fourth-order valence-corrected chi connectivity index (χ4v) is 9.66. The maximum absolute atomic E-state index is 14.3. The van der Waals surface area contributed by atoms with Gasteiger partial charge in [0.25, 0.3) is 0 Å². The van der Waals surface area contributed by atoms with Crippen molar-refractivity contribution >= 4 is 31.1 Å². The Kier molecular flexibility index (Phi) is 44.6. The summed E-state index contributed by atoms with van der Waals surface area (Å²) in [6.45, 7) is 8.84. The van der Waals surface area contributed by atoms with E-state index < -0.39 is 36.5 Å². The zero-order valence-corrected chi connectivity index (χ0v) is 43.3. The predicted molar refractivity (Wildman–Crippen MR) is 265 cm³/mol. The van der Waals surface area contributed by atoms with Gasteiger partial charge < -0.3 is 28.7 Å². The van der Waals surface area contributed by atoms with Gasteiger partial charge >= 0.3 is 24.9 Å². The number of hydrogen-bond acceptors (Lipinski definition) is 7. The molecule has 0 aromatic carbocycles. The van der Waals surface area contributed by atoms with Crippen LogP contribution in [-0.2, 0) is 33.1 Å². The van der Waals surface area contributed by atoms with Crippen LogP contribution in [0.25, 0.3) is 0 Å². The molecule has 2 N–H and O–H groups in total. The molecule has 0 aromatic heterocycles. The van der Waals surface area contributed by atoms with Crippen LogP contribution in [0.15, 0.2) is 0 Å². The lowest BCUT2D eigenvalue weighted by Crippen LogP contribution is -2.58. The molecule has 0 spiro atoms. The highest BCUT2D eigenvalue weighted by Crippen LogP contribution is 2.56. The Hall–Kier alpha value is -0.700. The molecule has 0 saturated carbocycles. The number of halogens is 1. The summed E-state index contributed by atoms with van der Waals surface area (Å²) in [6.07, 6.45) is 40.6. The van der Waals surface area contributed by atoms with Gasteiger partial charge in [-0.15, -0.1) is 0 Å². The highest BCUT2D eigenvalue weighted by atomic mass is 35.5. The summed E-state index contributed by atoms with van der Waals surface area (Å²) in [5.41, 5.74) is -1.27. The van der Waals surface area contributed by atoms with Crippen molar-refractivity contribution in [1.29, 1.82) is 0 Å². The van der Waals surface area contributed by atoms with Crippen LogP contribution in [0.3, 0.4) is 0 Å². The summed E-state index contributed by atoms with van der Waals surface area (Å²) < 4.78 is 37.3. The number of carbonyl (C=O) groups excluding carboxylic acids is 2. The molecule has 0 fully saturated rings. The normalized spacial score (nSPS) is 13.8. The Morgan fingerprint density at radius 2 is 0.730 bits per heavy atom. The summed E-state index contributed by atoms with van der Waals surface area (Å²) in [6, 6.07) is 0. The minimum Gasteiger partial charge on any atom is -0.464 e. The lowest BCUT2D eigenvalue weighted by Gasteiger charge is -2.38. The molecular weight excluding hydrogens is 835 g/mol. The van der Waals surface area contributed by atoms with Gasteiger partial charge in [-0.2, -0.15) is 0 Å². The quantitative estimate of drug-likeness (QED) is 0.0265. The van der Waals surface area contributed by atoms with Crippen LogP contribution in [-0.4, -0.2) is 58.6 Å². The molecule has 0 aromatic rings. The van der Waals surface area contributed by atoms with Crippen molar-refractivity contribution < 1.29 is 42.9 Å². The number of esters is 2. The van der Waals surface area contributed by atoms with Gasteiger partial charge in [-0.05, 0) is 32.1 Å². The van der Waals surface area contributed by atoms with Gasteiger partial charge in [0.2, 0.25) is 6.10 Å². The number of rotatable bonds is 50. The Balaban J connectivity index is 5.92. The van der Waals surface area contributed by atoms with Crippen LogP contribution in [0.4, 0.5) is 0 Å². The van der Waals surface area contributed by atoms with Crippen molar-refractivity contribution in [3.8, 4) is 0 Å². The maximum atomic E-state index is 14.3. The molecule has 3 unspecified atom stereocenters. The number of unbranched alkanes of at least 4 members (excludes halogenated alkanes) is 35. The van der Waals surface area contributed by atoms with E-state index >= 15 is 0 Å². The largest absolute Gasteiger partial charge is 0.464 e. The first-order valence-electron chi connectivity index (χ1n) is 26.9. The van der Waals surface area contributed by atoms with Crippen molar-refractivity contribution in [2.45, 2.75) is 302 Å². The molecule has 63 heavy (non-hydrogen) atoms. The number of hydrogen-bond donors (Lipinski definition) is 2. The molecule has 0 aliphatic rings. The van der Waals surface area contributed by atoms with E-state index in [1.807, 2.05) is 0 Å². The van der Waals surface area contributed by atoms with Gasteiger partial charge in [0, 0.05) is 6.61 Å². The Labute approximate surface area is 393 Å². The van der Waals surface area contributed by atoms with Gasteiger partial charge in [0.1, 0.15) is 5.56 Å². The fourth-order valence-electron chi connectivity index (χ4n) is 8.25. The lowest BCUT2D eigenvalue weighted by atomic mass is 10.1. The SMILES string of the molecule is CCCCCCCCCCCCOC(=O)C(OCCCCCCCCCCCC)C(OC(Cl)CCCCCCCCCCC)(C(=O)OCCCCCCCCCCCC)P(=O)(O)O.